The Morgan fingerprint density at radius 1 is 1.32 bits per heavy atom. The first-order valence-corrected chi connectivity index (χ1v) is 7.72. The van der Waals surface area contributed by atoms with Crippen LogP contribution < -0.4 is 5.32 Å². The lowest BCUT2D eigenvalue weighted by Crippen LogP contribution is -2.49. The molecule has 0 aromatic carbocycles. The van der Waals surface area contributed by atoms with Crippen molar-refractivity contribution in [1.82, 2.24) is 10.2 Å². The Balaban J connectivity index is 2.25. The summed E-state index contributed by atoms with van der Waals surface area (Å²) in [5.41, 5.74) is 0. The van der Waals surface area contributed by atoms with Crippen LogP contribution in [0.4, 0.5) is 0 Å². The third-order valence-corrected chi connectivity index (χ3v) is 4.11. The van der Waals surface area contributed by atoms with Gasteiger partial charge in [0, 0.05) is 25.7 Å². The van der Waals surface area contributed by atoms with Gasteiger partial charge < -0.3 is 20.1 Å². The molecule has 1 heterocycles. The minimum Gasteiger partial charge on any atom is -0.389 e. The Morgan fingerprint density at radius 3 is 2.42 bits per heavy atom. The molecular formula is C15H32N2O2. The Morgan fingerprint density at radius 2 is 1.95 bits per heavy atom. The summed E-state index contributed by atoms with van der Waals surface area (Å²) in [6.07, 6.45) is 3.21. The fraction of sp³-hybridized carbons (Fsp3) is 1.00. The molecule has 0 spiro atoms. The van der Waals surface area contributed by atoms with Gasteiger partial charge >= 0.3 is 0 Å². The summed E-state index contributed by atoms with van der Waals surface area (Å²) in [6.45, 7) is 10.2. The molecule has 1 fully saturated rings. The van der Waals surface area contributed by atoms with Crippen molar-refractivity contribution in [2.75, 3.05) is 33.4 Å². The number of aliphatic hydroxyl groups is 1. The average molecular weight is 272 g/mol. The second kappa shape index (κ2) is 8.90. The number of rotatable bonds is 8. The standard InChI is InChI=1S/C15H32N2O2/c1-5-15(12(2)3)16-13-6-8-17(9-7-13)10-14(18)11-19-4/h12-16,18H,5-11H2,1-4H3. The minimum atomic E-state index is -0.353. The fourth-order valence-corrected chi connectivity index (χ4v) is 2.91. The van der Waals surface area contributed by atoms with Crippen LogP contribution in [0, 0.1) is 5.92 Å². The van der Waals surface area contributed by atoms with Gasteiger partial charge in [0.05, 0.1) is 12.7 Å². The maximum absolute atomic E-state index is 9.74. The lowest BCUT2D eigenvalue weighted by molar-refractivity contribution is 0.0305. The molecule has 114 valence electrons. The van der Waals surface area contributed by atoms with Crippen LogP contribution in [0.25, 0.3) is 0 Å². The van der Waals surface area contributed by atoms with Crippen LogP contribution in [0.5, 0.6) is 0 Å². The highest BCUT2D eigenvalue weighted by molar-refractivity contribution is 4.82. The van der Waals surface area contributed by atoms with Crippen molar-refractivity contribution in [2.45, 2.75) is 58.2 Å². The van der Waals surface area contributed by atoms with E-state index >= 15 is 0 Å². The van der Waals surface area contributed by atoms with Crippen LogP contribution in [0.15, 0.2) is 0 Å². The number of hydrogen-bond donors (Lipinski definition) is 2. The van der Waals surface area contributed by atoms with E-state index in [0.717, 1.165) is 19.6 Å². The van der Waals surface area contributed by atoms with E-state index in [1.54, 1.807) is 7.11 Å². The Labute approximate surface area is 118 Å². The number of nitrogens with zero attached hydrogens (tertiary/aromatic N) is 1. The van der Waals surface area contributed by atoms with E-state index in [1.165, 1.54) is 19.3 Å². The summed E-state index contributed by atoms with van der Waals surface area (Å²) in [7, 11) is 1.64. The zero-order valence-corrected chi connectivity index (χ0v) is 13.1. The van der Waals surface area contributed by atoms with Gasteiger partial charge in [-0.05, 0) is 38.3 Å². The molecule has 0 aromatic heterocycles. The lowest BCUT2D eigenvalue weighted by Gasteiger charge is -2.36. The molecule has 0 amide bonds. The average Bonchev–Trinajstić information content (AvgIpc) is 2.37. The first-order valence-electron chi connectivity index (χ1n) is 7.72. The van der Waals surface area contributed by atoms with Crippen molar-refractivity contribution in [3.05, 3.63) is 0 Å². The molecule has 2 N–H and O–H groups in total. The molecule has 2 atom stereocenters. The number of likely N-dealkylation sites (tertiary alicyclic amines) is 1. The first-order chi connectivity index (χ1) is 9.06. The van der Waals surface area contributed by atoms with Gasteiger partial charge in [0.15, 0.2) is 0 Å². The molecule has 0 aliphatic carbocycles. The lowest BCUT2D eigenvalue weighted by atomic mass is 9.97. The number of methoxy groups -OCH3 is 1. The summed E-state index contributed by atoms with van der Waals surface area (Å²) in [5.74, 6) is 0.701. The predicted molar refractivity (Wildman–Crippen MR) is 79.4 cm³/mol. The van der Waals surface area contributed by atoms with Crippen LogP contribution in [0.1, 0.15) is 40.0 Å². The number of piperidine rings is 1. The molecule has 2 unspecified atom stereocenters. The fourth-order valence-electron chi connectivity index (χ4n) is 2.91. The van der Waals surface area contributed by atoms with Crippen LogP contribution in [-0.4, -0.2) is 61.5 Å². The van der Waals surface area contributed by atoms with Crippen LogP contribution in [-0.2, 0) is 4.74 Å². The van der Waals surface area contributed by atoms with Gasteiger partial charge in [0.2, 0.25) is 0 Å². The monoisotopic (exact) mass is 272 g/mol. The molecule has 1 saturated heterocycles. The molecule has 0 bridgehead atoms. The van der Waals surface area contributed by atoms with Crippen molar-refractivity contribution >= 4 is 0 Å². The zero-order chi connectivity index (χ0) is 14.3. The van der Waals surface area contributed by atoms with E-state index in [4.69, 9.17) is 4.74 Å². The Bertz CT molecular complexity index is 228. The molecule has 0 radical (unpaired) electrons. The smallest absolute Gasteiger partial charge is 0.0900 e. The SMILES string of the molecule is CCC(NC1CCN(CC(O)COC)CC1)C(C)C. The second-order valence-electron chi connectivity index (χ2n) is 6.11. The van der Waals surface area contributed by atoms with E-state index < -0.39 is 0 Å². The zero-order valence-electron chi connectivity index (χ0n) is 13.1. The van der Waals surface area contributed by atoms with E-state index in [9.17, 15) is 5.11 Å². The van der Waals surface area contributed by atoms with E-state index in [-0.39, 0.29) is 6.10 Å². The van der Waals surface area contributed by atoms with Gasteiger partial charge in [-0.25, -0.2) is 0 Å². The highest BCUT2D eigenvalue weighted by Gasteiger charge is 2.23. The normalized spacial score (nSPS) is 21.8. The van der Waals surface area contributed by atoms with Gasteiger partial charge in [-0.2, -0.15) is 0 Å². The number of ether oxygens (including phenoxy) is 1. The number of hydrogen-bond acceptors (Lipinski definition) is 4. The Hall–Kier alpha value is -0.160. The highest BCUT2D eigenvalue weighted by Crippen LogP contribution is 2.14. The van der Waals surface area contributed by atoms with Crippen LogP contribution in [0.2, 0.25) is 0 Å². The number of nitrogens with one attached hydrogen (secondary N) is 1. The first kappa shape index (κ1) is 16.9. The van der Waals surface area contributed by atoms with Crippen LogP contribution in [0.3, 0.4) is 0 Å². The van der Waals surface area contributed by atoms with E-state index in [0.29, 0.717) is 24.6 Å². The molecule has 1 rings (SSSR count). The van der Waals surface area contributed by atoms with Crippen molar-refractivity contribution in [3.63, 3.8) is 0 Å². The van der Waals surface area contributed by atoms with Gasteiger partial charge in [-0.15, -0.1) is 0 Å². The van der Waals surface area contributed by atoms with Gasteiger partial charge in [0.1, 0.15) is 0 Å². The number of β-amino-alcohol motifs (C(OH)–C–C–N with tert-alkyl or cyclic N) is 1. The Kier molecular flexibility index (Phi) is 7.91. The summed E-state index contributed by atoms with van der Waals surface area (Å²) in [6, 6.07) is 1.28. The molecule has 4 nitrogen and oxygen atoms in total. The molecule has 0 saturated carbocycles. The molecule has 1 aliphatic heterocycles. The van der Waals surface area contributed by atoms with E-state index in [1.807, 2.05) is 0 Å². The van der Waals surface area contributed by atoms with Gasteiger partial charge in [-0.3, -0.25) is 0 Å². The largest absolute Gasteiger partial charge is 0.389 e. The van der Waals surface area contributed by atoms with Gasteiger partial charge in [0.25, 0.3) is 0 Å². The van der Waals surface area contributed by atoms with Gasteiger partial charge in [-0.1, -0.05) is 20.8 Å². The summed E-state index contributed by atoms with van der Waals surface area (Å²) in [4.78, 5) is 2.35. The number of aliphatic hydroxyl groups excluding tert-OH is 1. The molecule has 4 heteroatoms. The van der Waals surface area contributed by atoms with Crippen molar-refractivity contribution < 1.29 is 9.84 Å². The second-order valence-corrected chi connectivity index (χ2v) is 6.11. The third-order valence-electron chi connectivity index (χ3n) is 4.11. The topological polar surface area (TPSA) is 44.7 Å². The van der Waals surface area contributed by atoms with Crippen molar-refractivity contribution in [3.8, 4) is 0 Å². The maximum Gasteiger partial charge on any atom is 0.0900 e. The quantitative estimate of drug-likeness (QED) is 0.702. The molecule has 1 aliphatic rings. The van der Waals surface area contributed by atoms with Crippen molar-refractivity contribution in [1.29, 1.82) is 0 Å². The predicted octanol–water partition coefficient (Wildman–Crippen LogP) is 1.48. The maximum atomic E-state index is 9.74. The summed E-state index contributed by atoms with van der Waals surface area (Å²) >= 11 is 0. The minimum absolute atomic E-state index is 0.353. The third kappa shape index (κ3) is 6.21. The molecule has 19 heavy (non-hydrogen) atoms. The van der Waals surface area contributed by atoms with E-state index in [2.05, 4.69) is 31.0 Å². The molecular weight excluding hydrogens is 240 g/mol. The molecule has 0 aromatic rings. The van der Waals surface area contributed by atoms with Crippen molar-refractivity contribution in [2.24, 2.45) is 5.92 Å². The summed E-state index contributed by atoms with van der Waals surface area (Å²) < 4.78 is 4.97. The summed E-state index contributed by atoms with van der Waals surface area (Å²) in [5, 5.41) is 13.5. The van der Waals surface area contributed by atoms with Crippen LogP contribution >= 0.6 is 0 Å². The highest BCUT2D eigenvalue weighted by atomic mass is 16.5.